The second-order valence-electron chi connectivity index (χ2n) is 5.70. The SMILES string of the molecule is Cc1cc(NC(=O)CSCC(=O)O[C@H](C)C(=O)NCc2ccccc2)no1. The zero-order chi connectivity index (χ0) is 19.6. The molecule has 144 valence electrons. The van der Waals surface area contributed by atoms with Crippen LogP contribution in [0.25, 0.3) is 0 Å². The molecule has 27 heavy (non-hydrogen) atoms. The zero-order valence-electron chi connectivity index (χ0n) is 15.1. The van der Waals surface area contributed by atoms with Crippen LogP contribution in [-0.2, 0) is 25.7 Å². The lowest BCUT2D eigenvalue weighted by molar-refractivity contribution is -0.152. The second kappa shape index (κ2) is 10.4. The molecule has 1 aromatic carbocycles. The number of hydrogen-bond acceptors (Lipinski definition) is 7. The summed E-state index contributed by atoms with van der Waals surface area (Å²) in [5.74, 6) is -0.332. The van der Waals surface area contributed by atoms with Crippen LogP contribution >= 0.6 is 11.8 Å². The van der Waals surface area contributed by atoms with E-state index >= 15 is 0 Å². The average Bonchev–Trinajstić information content (AvgIpc) is 3.05. The molecule has 1 heterocycles. The van der Waals surface area contributed by atoms with Gasteiger partial charge in [-0.15, -0.1) is 11.8 Å². The molecule has 2 aromatic rings. The maximum Gasteiger partial charge on any atom is 0.316 e. The number of benzene rings is 1. The Morgan fingerprint density at radius 1 is 1.22 bits per heavy atom. The van der Waals surface area contributed by atoms with Crippen molar-refractivity contribution >= 4 is 35.4 Å². The maximum atomic E-state index is 12.0. The number of esters is 1. The number of ether oxygens (including phenoxy) is 1. The fraction of sp³-hybridized carbons (Fsp3) is 0.333. The van der Waals surface area contributed by atoms with Crippen molar-refractivity contribution in [3.8, 4) is 0 Å². The number of carbonyl (C=O) groups excluding carboxylic acids is 3. The predicted molar refractivity (Wildman–Crippen MR) is 101 cm³/mol. The number of nitrogens with zero attached hydrogens (tertiary/aromatic N) is 1. The Morgan fingerprint density at radius 3 is 2.63 bits per heavy atom. The molecule has 0 aliphatic heterocycles. The number of aryl methyl sites for hydroxylation is 1. The number of nitrogens with one attached hydrogen (secondary N) is 2. The van der Waals surface area contributed by atoms with Crippen LogP contribution in [0.5, 0.6) is 0 Å². The lowest BCUT2D eigenvalue weighted by Gasteiger charge is -2.13. The Labute approximate surface area is 161 Å². The van der Waals surface area contributed by atoms with Gasteiger partial charge in [-0.25, -0.2) is 0 Å². The highest BCUT2D eigenvalue weighted by Crippen LogP contribution is 2.09. The van der Waals surface area contributed by atoms with Crippen LogP contribution in [0, 0.1) is 6.92 Å². The van der Waals surface area contributed by atoms with E-state index < -0.39 is 12.1 Å². The maximum absolute atomic E-state index is 12.0. The molecule has 0 radical (unpaired) electrons. The highest BCUT2D eigenvalue weighted by Gasteiger charge is 2.18. The fourth-order valence-corrected chi connectivity index (χ4v) is 2.64. The van der Waals surface area contributed by atoms with Crippen molar-refractivity contribution in [1.29, 1.82) is 0 Å². The van der Waals surface area contributed by atoms with Gasteiger partial charge in [0.25, 0.3) is 5.91 Å². The Balaban J connectivity index is 1.62. The molecule has 2 amide bonds. The van der Waals surface area contributed by atoms with E-state index in [-0.39, 0.29) is 23.3 Å². The van der Waals surface area contributed by atoms with Crippen LogP contribution in [0.3, 0.4) is 0 Å². The molecular formula is C18H21N3O5S. The van der Waals surface area contributed by atoms with E-state index in [0.717, 1.165) is 17.3 Å². The molecule has 2 N–H and O–H groups in total. The van der Waals surface area contributed by atoms with Crippen LogP contribution < -0.4 is 10.6 Å². The van der Waals surface area contributed by atoms with Crippen LogP contribution in [0.4, 0.5) is 5.82 Å². The van der Waals surface area contributed by atoms with Gasteiger partial charge in [-0.05, 0) is 19.4 Å². The Morgan fingerprint density at radius 2 is 1.96 bits per heavy atom. The van der Waals surface area contributed by atoms with Crippen molar-refractivity contribution in [2.24, 2.45) is 0 Å². The van der Waals surface area contributed by atoms with Crippen molar-refractivity contribution in [3.63, 3.8) is 0 Å². The lowest BCUT2D eigenvalue weighted by Crippen LogP contribution is -2.35. The molecule has 0 aliphatic rings. The number of thioether (sulfide) groups is 1. The number of carbonyl (C=O) groups is 3. The van der Waals surface area contributed by atoms with Crippen molar-refractivity contribution in [1.82, 2.24) is 10.5 Å². The van der Waals surface area contributed by atoms with Gasteiger partial charge in [0.1, 0.15) is 5.76 Å². The number of aromatic nitrogens is 1. The number of hydrogen-bond donors (Lipinski definition) is 2. The quantitative estimate of drug-likeness (QED) is 0.628. The summed E-state index contributed by atoms with van der Waals surface area (Å²) >= 11 is 1.08. The molecule has 0 spiro atoms. The van der Waals surface area contributed by atoms with Crippen LogP contribution in [0.15, 0.2) is 40.9 Å². The molecule has 0 fully saturated rings. The number of rotatable bonds is 9. The van der Waals surface area contributed by atoms with E-state index in [0.29, 0.717) is 18.1 Å². The van der Waals surface area contributed by atoms with Gasteiger partial charge in [-0.2, -0.15) is 0 Å². The first kappa shape index (κ1) is 20.5. The van der Waals surface area contributed by atoms with Crippen LogP contribution in [0.1, 0.15) is 18.2 Å². The van der Waals surface area contributed by atoms with Crippen molar-refractivity contribution < 1.29 is 23.6 Å². The minimum absolute atomic E-state index is 0.0401. The third-order valence-electron chi connectivity index (χ3n) is 3.34. The summed E-state index contributed by atoms with van der Waals surface area (Å²) in [4.78, 5) is 35.5. The zero-order valence-corrected chi connectivity index (χ0v) is 15.9. The molecule has 0 unspecified atom stereocenters. The van der Waals surface area contributed by atoms with Crippen LogP contribution in [0.2, 0.25) is 0 Å². The molecule has 9 heteroatoms. The Kier molecular flexibility index (Phi) is 7.87. The predicted octanol–water partition coefficient (Wildman–Crippen LogP) is 1.90. The smallest absolute Gasteiger partial charge is 0.316 e. The Bertz CT molecular complexity index is 778. The molecule has 2 rings (SSSR count). The molecule has 0 saturated heterocycles. The molecule has 8 nitrogen and oxygen atoms in total. The third-order valence-corrected chi connectivity index (χ3v) is 4.24. The average molecular weight is 391 g/mol. The van der Waals surface area contributed by atoms with Gasteiger partial charge in [0.05, 0.1) is 11.5 Å². The van der Waals surface area contributed by atoms with Crippen molar-refractivity contribution in [3.05, 3.63) is 47.7 Å². The summed E-state index contributed by atoms with van der Waals surface area (Å²) in [5.41, 5.74) is 0.952. The highest BCUT2D eigenvalue weighted by molar-refractivity contribution is 8.00. The van der Waals surface area contributed by atoms with Crippen LogP contribution in [-0.4, -0.2) is 40.6 Å². The molecule has 0 saturated carbocycles. The lowest BCUT2D eigenvalue weighted by atomic mass is 10.2. The summed E-state index contributed by atoms with van der Waals surface area (Å²) in [6, 6.07) is 11.0. The third kappa shape index (κ3) is 7.53. The minimum Gasteiger partial charge on any atom is -0.452 e. The van der Waals surface area contributed by atoms with Crippen molar-refractivity contribution in [2.45, 2.75) is 26.5 Å². The normalized spacial score (nSPS) is 11.5. The summed E-state index contributed by atoms with van der Waals surface area (Å²) in [7, 11) is 0. The van der Waals surface area contributed by atoms with E-state index in [9.17, 15) is 14.4 Å². The van der Waals surface area contributed by atoms with Gasteiger partial charge in [0, 0.05) is 12.6 Å². The monoisotopic (exact) mass is 391 g/mol. The summed E-state index contributed by atoms with van der Waals surface area (Å²) in [5, 5.41) is 8.90. The number of anilines is 1. The van der Waals surface area contributed by atoms with Crippen molar-refractivity contribution in [2.75, 3.05) is 16.8 Å². The molecule has 1 aromatic heterocycles. The summed E-state index contributed by atoms with van der Waals surface area (Å²) in [6.07, 6.45) is -0.909. The number of amides is 2. The highest BCUT2D eigenvalue weighted by atomic mass is 32.2. The second-order valence-corrected chi connectivity index (χ2v) is 6.68. The summed E-state index contributed by atoms with van der Waals surface area (Å²) in [6.45, 7) is 3.57. The Hall–Kier alpha value is -2.81. The van der Waals surface area contributed by atoms with Gasteiger partial charge in [-0.1, -0.05) is 35.5 Å². The first-order valence-corrected chi connectivity index (χ1v) is 9.41. The fourth-order valence-electron chi connectivity index (χ4n) is 2.04. The topological polar surface area (TPSA) is 111 Å². The molecule has 0 bridgehead atoms. The van der Waals surface area contributed by atoms with Gasteiger partial charge < -0.3 is 19.9 Å². The van der Waals surface area contributed by atoms with Gasteiger partial charge in [-0.3, -0.25) is 14.4 Å². The first-order chi connectivity index (χ1) is 12.9. The molecule has 1 atom stereocenters. The van der Waals surface area contributed by atoms with Gasteiger partial charge >= 0.3 is 5.97 Å². The van der Waals surface area contributed by atoms with E-state index in [1.54, 1.807) is 13.0 Å². The minimum atomic E-state index is -0.909. The standard InChI is InChI=1S/C18H21N3O5S/c1-12-8-15(21-26-12)20-16(22)10-27-11-17(23)25-13(2)18(24)19-9-14-6-4-3-5-7-14/h3-8,13H,9-11H2,1-2H3,(H,19,24)(H,20,21,22)/t13-/m1/s1. The van der Waals surface area contributed by atoms with E-state index in [4.69, 9.17) is 9.26 Å². The van der Waals surface area contributed by atoms with Gasteiger partial charge in [0.15, 0.2) is 11.9 Å². The van der Waals surface area contributed by atoms with E-state index in [1.165, 1.54) is 6.92 Å². The van der Waals surface area contributed by atoms with E-state index in [1.807, 2.05) is 30.3 Å². The molecular weight excluding hydrogens is 370 g/mol. The van der Waals surface area contributed by atoms with Gasteiger partial charge in [0.2, 0.25) is 5.91 Å². The first-order valence-electron chi connectivity index (χ1n) is 8.26. The largest absolute Gasteiger partial charge is 0.452 e. The van der Waals surface area contributed by atoms with E-state index in [2.05, 4.69) is 15.8 Å². The molecule has 0 aliphatic carbocycles. The summed E-state index contributed by atoms with van der Waals surface area (Å²) < 4.78 is 9.91.